The Bertz CT molecular complexity index is 606. The number of ether oxygens (including phenoxy) is 1. The third-order valence-corrected chi connectivity index (χ3v) is 3.69. The summed E-state index contributed by atoms with van der Waals surface area (Å²) < 4.78 is 4.98. The highest BCUT2D eigenvalue weighted by Gasteiger charge is 2.34. The van der Waals surface area contributed by atoms with Crippen molar-refractivity contribution in [3.63, 3.8) is 0 Å². The Morgan fingerprint density at radius 2 is 2.24 bits per heavy atom. The van der Waals surface area contributed by atoms with Crippen LogP contribution in [0.25, 0.3) is 0 Å². The van der Waals surface area contributed by atoms with Gasteiger partial charge in [-0.25, -0.2) is 0 Å². The van der Waals surface area contributed by atoms with Gasteiger partial charge in [0.1, 0.15) is 5.54 Å². The minimum atomic E-state index is -1.07. The fourth-order valence-corrected chi connectivity index (χ4v) is 2.64. The van der Waals surface area contributed by atoms with Crippen molar-refractivity contribution in [3.8, 4) is 6.07 Å². The van der Waals surface area contributed by atoms with Crippen molar-refractivity contribution in [3.05, 3.63) is 35.4 Å². The number of carbonyl (C=O) groups is 2. The SMILES string of the molecule is COC[C@@](C)(C#N)NC(=O)[C@@H]1CCC(=O)c2ccccc21. The van der Waals surface area contributed by atoms with E-state index < -0.39 is 11.5 Å². The van der Waals surface area contributed by atoms with Crippen LogP contribution in [0.15, 0.2) is 24.3 Å². The molecule has 2 rings (SSSR count). The van der Waals surface area contributed by atoms with E-state index in [0.29, 0.717) is 18.4 Å². The number of carbonyl (C=O) groups excluding carboxylic acids is 2. The van der Waals surface area contributed by atoms with E-state index in [2.05, 4.69) is 11.4 Å². The molecule has 0 radical (unpaired) electrons. The maximum atomic E-state index is 12.5. The van der Waals surface area contributed by atoms with E-state index in [-0.39, 0.29) is 18.3 Å². The summed E-state index contributed by atoms with van der Waals surface area (Å²) in [6.45, 7) is 1.73. The molecule has 0 aliphatic heterocycles. The Morgan fingerprint density at radius 3 is 2.90 bits per heavy atom. The number of amides is 1. The van der Waals surface area contributed by atoms with Gasteiger partial charge in [-0.05, 0) is 18.9 Å². The molecule has 5 heteroatoms. The molecule has 0 bridgehead atoms. The van der Waals surface area contributed by atoms with E-state index >= 15 is 0 Å². The van der Waals surface area contributed by atoms with Crippen molar-refractivity contribution in [2.75, 3.05) is 13.7 Å². The van der Waals surface area contributed by atoms with Crippen LogP contribution in [-0.2, 0) is 9.53 Å². The molecule has 0 heterocycles. The molecule has 1 aliphatic rings. The highest BCUT2D eigenvalue weighted by Crippen LogP contribution is 2.32. The Morgan fingerprint density at radius 1 is 1.52 bits per heavy atom. The normalized spacial score (nSPS) is 20.0. The number of nitriles is 1. The van der Waals surface area contributed by atoms with Crippen LogP contribution in [-0.4, -0.2) is 30.9 Å². The van der Waals surface area contributed by atoms with Gasteiger partial charge in [0.15, 0.2) is 5.78 Å². The third-order valence-electron chi connectivity index (χ3n) is 3.69. The number of hydrogen-bond donors (Lipinski definition) is 1. The molecule has 0 saturated heterocycles. The highest BCUT2D eigenvalue weighted by molar-refractivity contribution is 6.01. The molecule has 0 saturated carbocycles. The number of Topliss-reactive ketones (excluding diaryl/α,β-unsaturated/α-hetero) is 1. The Balaban J connectivity index is 2.24. The smallest absolute Gasteiger partial charge is 0.228 e. The monoisotopic (exact) mass is 286 g/mol. The van der Waals surface area contributed by atoms with Gasteiger partial charge in [0.05, 0.1) is 18.6 Å². The molecular weight excluding hydrogens is 268 g/mol. The fraction of sp³-hybridized carbons (Fsp3) is 0.438. The number of rotatable bonds is 4. The molecule has 0 fully saturated rings. The van der Waals surface area contributed by atoms with E-state index in [9.17, 15) is 14.9 Å². The summed E-state index contributed by atoms with van der Waals surface area (Å²) in [7, 11) is 1.48. The van der Waals surface area contributed by atoms with Crippen LogP contribution in [0.4, 0.5) is 0 Å². The maximum absolute atomic E-state index is 12.5. The summed E-state index contributed by atoms with van der Waals surface area (Å²) in [5.41, 5.74) is 0.278. The Labute approximate surface area is 123 Å². The number of ketones is 1. The van der Waals surface area contributed by atoms with Crippen molar-refractivity contribution in [2.24, 2.45) is 0 Å². The first-order valence-electron chi connectivity index (χ1n) is 6.85. The summed E-state index contributed by atoms with van der Waals surface area (Å²) in [5, 5.41) is 11.9. The van der Waals surface area contributed by atoms with Crippen LogP contribution < -0.4 is 5.32 Å². The first-order valence-corrected chi connectivity index (χ1v) is 6.85. The maximum Gasteiger partial charge on any atom is 0.228 e. The molecule has 21 heavy (non-hydrogen) atoms. The van der Waals surface area contributed by atoms with Crippen molar-refractivity contribution in [1.82, 2.24) is 5.32 Å². The standard InChI is InChI=1S/C16H18N2O3/c1-16(9-17,10-21-2)18-15(20)13-7-8-14(19)12-6-4-3-5-11(12)13/h3-6,13H,7-8,10H2,1-2H3,(H,18,20)/t13-,16-/m1/s1. The Hall–Kier alpha value is -2.19. The summed E-state index contributed by atoms with van der Waals surface area (Å²) >= 11 is 0. The molecule has 1 N–H and O–H groups in total. The van der Waals surface area contributed by atoms with Crippen LogP contribution in [0.1, 0.15) is 41.6 Å². The molecule has 1 amide bonds. The molecule has 0 aromatic heterocycles. The number of hydrogen-bond acceptors (Lipinski definition) is 4. The number of nitrogens with one attached hydrogen (secondary N) is 1. The predicted molar refractivity (Wildman–Crippen MR) is 76.8 cm³/mol. The van der Waals surface area contributed by atoms with Gasteiger partial charge < -0.3 is 10.1 Å². The average Bonchev–Trinajstić information content (AvgIpc) is 2.48. The van der Waals surface area contributed by atoms with Crippen LogP contribution in [0.3, 0.4) is 0 Å². The van der Waals surface area contributed by atoms with Gasteiger partial charge in [0.25, 0.3) is 0 Å². The van der Waals surface area contributed by atoms with E-state index in [1.807, 2.05) is 6.07 Å². The quantitative estimate of drug-likeness (QED) is 0.915. The number of benzene rings is 1. The van der Waals surface area contributed by atoms with Gasteiger partial charge in [-0.2, -0.15) is 5.26 Å². The van der Waals surface area contributed by atoms with Gasteiger partial charge in [0.2, 0.25) is 5.91 Å². The average molecular weight is 286 g/mol. The van der Waals surface area contributed by atoms with E-state index in [1.54, 1.807) is 25.1 Å². The lowest BCUT2D eigenvalue weighted by Crippen LogP contribution is -2.50. The number of nitrogens with zero attached hydrogens (tertiary/aromatic N) is 1. The van der Waals surface area contributed by atoms with Crippen LogP contribution in [0.2, 0.25) is 0 Å². The summed E-state index contributed by atoms with van der Waals surface area (Å²) in [6, 6.07) is 9.22. The van der Waals surface area contributed by atoms with Gasteiger partial charge in [-0.15, -0.1) is 0 Å². The molecule has 0 spiro atoms. The molecule has 1 aliphatic carbocycles. The largest absolute Gasteiger partial charge is 0.381 e. The van der Waals surface area contributed by atoms with E-state index in [4.69, 9.17) is 4.74 Å². The fourth-order valence-electron chi connectivity index (χ4n) is 2.64. The zero-order valence-electron chi connectivity index (χ0n) is 12.2. The first-order chi connectivity index (χ1) is 10.0. The number of fused-ring (bicyclic) bond motifs is 1. The lowest BCUT2D eigenvalue weighted by molar-refractivity contribution is -0.124. The number of methoxy groups -OCH3 is 1. The lowest BCUT2D eigenvalue weighted by Gasteiger charge is -2.28. The van der Waals surface area contributed by atoms with Crippen molar-refractivity contribution in [1.29, 1.82) is 5.26 Å². The van der Waals surface area contributed by atoms with Gasteiger partial charge >= 0.3 is 0 Å². The van der Waals surface area contributed by atoms with E-state index in [1.165, 1.54) is 7.11 Å². The van der Waals surface area contributed by atoms with Crippen molar-refractivity contribution < 1.29 is 14.3 Å². The molecule has 110 valence electrons. The minimum Gasteiger partial charge on any atom is -0.381 e. The molecule has 0 unspecified atom stereocenters. The molecule has 1 aromatic carbocycles. The summed E-state index contributed by atoms with van der Waals surface area (Å²) in [6.07, 6.45) is 0.818. The first kappa shape index (κ1) is 15.2. The van der Waals surface area contributed by atoms with Gasteiger partial charge in [0, 0.05) is 19.1 Å². The predicted octanol–water partition coefficient (Wildman–Crippen LogP) is 1.79. The van der Waals surface area contributed by atoms with Crippen molar-refractivity contribution >= 4 is 11.7 Å². The zero-order chi connectivity index (χ0) is 15.5. The molecular formula is C16H18N2O3. The second kappa shape index (κ2) is 6.06. The Kier molecular flexibility index (Phi) is 4.39. The van der Waals surface area contributed by atoms with Gasteiger partial charge in [-0.1, -0.05) is 24.3 Å². The van der Waals surface area contributed by atoms with Crippen LogP contribution in [0, 0.1) is 11.3 Å². The molecule has 2 atom stereocenters. The summed E-state index contributed by atoms with van der Waals surface area (Å²) in [4.78, 5) is 24.4. The second-order valence-electron chi connectivity index (χ2n) is 5.47. The second-order valence-corrected chi connectivity index (χ2v) is 5.47. The molecule has 5 nitrogen and oxygen atoms in total. The zero-order valence-corrected chi connectivity index (χ0v) is 12.2. The van der Waals surface area contributed by atoms with E-state index in [0.717, 1.165) is 5.56 Å². The topological polar surface area (TPSA) is 79.2 Å². The van der Waals surface area contributed by atoms with Gasteiger partial charge in [-0.3, -0.25) is 9.59 Å². The minimum absolute atomic E-state index is 0.0644. The molecule has 1 aromatic rings. The van der Waals surface area contributed by atoms with Crippen LogP contribution in [0.5, 0.6) is 0 Å². The van der Waals surface area contributed by atoms with Crippen molar-refractivity contribution in [2.45, 2.75) is 31.2 Å². The summed E-state index contributed by atoms with van der Waals surface area (Å²) in [5.74, 6) is -0.575. The highest BCUT2D eigenvalue weighted by atomic mass is 16.5. The third kappa shape index (κ3) is 3.11. The lowest BCUT2D eigenvalue weighted by atomic mass is 9.81. The van der Waals surface area contributed by atoms with Crippen LogP contribution >= 0.6 is 0 Å².